The third-order valence-corrected chi connectivity index (χ3v) is 6.08. The summed E-state index contributed by atoms with van der Waals surface area (Å²) in [5.74, 6) is 0.926. The predicted octanol–water partition coefficient (Wildman–Crippen LogP) is 2.47. The number of benzene rings is 1. The number of rotatable bonds is 3. The first kappa shape index (κ1) is 19.2. The number of imidazole rings is 1. The molecule has 1 atom stereocenters. The van der Waals surface area contributed by atoms with Crippen molar-refractivity contribution in [1.29, 1.82) is 0 Å². The molecule has 2 N–H and O–H groups in total. The SMILES string of the molecule is CN(C(=O)c1cc2c(cn1)nc(N)c1cncn12)C1COc2cc(-c3cnn(C)c3)ccc21. The molecule has 1 amide bonds. The monoisotopic (exact) mass is 440 g/mol. The molecule has 0 saturated carbocycles. The molecule has 0 aliphatic carbocycles. The molecule has 6 rings (SSSR count). The highest BCUT2D eigenvalue weighted by molar-refractivity contribution is 5.96. The third-order valence-electron chi connectivity index (χ3n) is 6.08. The van der Waals surface area contributed by atoms with Crippen molar-refractivity contribution in [3.8, 4) is 16.9 Å². The van der Waals surface area contributed by atoms with Gasteiger partial charge in [0.2, 0.25) is 0 Å². The zero-order chi connectivity index (χ0) is 22.7. The van der Waals surface area contributed by atoms with Gasteiger partial charge in [-0.1, -0.05) is 12.1 Å². The average Bonchev–Trinajstić information content (AvgIpc) is 3.57. The Labute approximate surface area is 188 Å². The Bertz CT molecular complexity index is 1550. The topological polar surface area (TPSA) is 116 Å². The lowest BCUT2D eigenvalue weighted by Crippen LogP contribution is -2.32. The minimum Gasteiger partial charge on any atom is -0.491 e. The number of ether oxygens (including phenoxy) is 1. The molecule has 5 aromatic rings. The Balaban J connectivity index is 1.32. The minimum atomic E-state index is -0.217. The Morgan fingerprint density at radius 3 is 2.88 bits per heavy atom. The highest BCUT2D eigenvalue weighted by Gasteiger charge is 2.31. The Hall–Kier alpha value is -4.47. The number of fused-ring (bicyclic) bond motifs is 4. The van der Waals surface area contributed by atoms with Crippen LogP contribution < -0.4 is 10.5 Å². The first-order valence-corrected chi connectivity index (χ1v) is 10.4. The van der Waals surface area contributed by atoms with Crippen LogP contribution in [0.25, 0.3) is 27.7 Å². The summed E-state index contributed by atoms with van der Waals surface area (Å²) in [6, 6.07) is 7.53. The molecule has 164 valence electrons. The number of hydrogen-bond donors (Lipinski definition) is 1. The second-order valence-electron chi connectivity index (χ2n) is 8.10. The molecule has 1 aliphatic rings. The van der Waals surface area contributed by atoms with Crippen molar-refractivity contribution in [3.05, 3.63) is 66.6 Å². The van der Waals surface area contributed by atoms with Gasteiger partial charge in [-0.3, -0.25) is 13.9 Å². The van der Waals surface area contributed by atoms with E-state index in [0.29, 0.717) is 34.7 Å². The van der Waals surface area contributed by atoms with Gasteiger partial charge in [-0.15, -0.1) is 0 Å². The zero-order valence-electron chi connectivity index (χ0n) is 18.0. The fourth-order valence-electron chi connectivity index (χ4n) is 4.28. The van der Waals surface area contributed by atoms with Crippen molar-refractivity contribution in [2.75, 3.05) is 19.4 Å². The number of nitrogen functional groups attached to an aromatic ring is 1. The summed E-state index contributed by atoms with van der Waals surface area (Å²) < 4.78 is 9.51. The van der Waals surface area contributed by atoms with Crippen LogP contribution >= 0.6 is 0 Å². The standard InChI is InChI=1S/C23H20N8O2/c1-29-10-14(7-27-29)13-3-4-15-20(11-33-21(15)5-13)30(2)23(32)16-6-18-17(8-26-16)28-22(24)19-9-25-12-31(18)19/h3-10,12,20H,11H2,1-2H3,(H2,24,28). The van der Waals surface area contributed by atoms with Crippen LogP contribution in [-0.2, 0) is 7.05 Å². The Morgan fingerprint density at radius 2 is 2.06 bits per heavy atom. The molecule has 1 aromatic carbocycles. The second-order valence-corrected chi connectivity index (χ2v) is 8.10. The third kappa shape index (κ3) is 2.99. The molecule has 10 heteroatoms. The summed E-state index contributed by atoms with van der Waals surface area (Å²) in [7, 11) is 3.65. The van der Waals surface area contributed by atoms with Crippen molar-refractivity contribution in [2.45, 2.75) is 6.04 Å². The molecule has 0 bridgehead atoms. The molecule has 10 nitrogen and oxygen atoms in total. The number of aryl methyl sites for hydroxylation is 1. The first-order chi connectivity index (χ1) is 16.0. The van der Waals surface area contributed by atoms with Crippen LogP contribution in [0.2, 0.25) is 0 Å². The van der Waals surface area contributed by atoms with Gasteiger partial charge in [-0.05, 0) is 17.7 Å². The lowest BCUT2D eigenvalue weighted by molar-refractivity contribution is 0.0703. The fourth-order valence-corrected chi connectivity index (χ4v) is 4.28. The number of carbonyl (C=O) groups excluding carboxylic acids is 1. The number of pyridine rings is 1. The molecule has 5 heterocycles. The van der Waals surface area contributed by atoms with Gasteiger partial charge in [0.05, 0.1) is 36.5 Å². The van der Waals surface area contributed by atoms with Crippen molar-refractivity contribution < 1.29 is 9.53 Å². The van der Waals surface area contributed by atoms with Crippen molar-refractivity contribution in [1.82, 2.24) is 34.0 Å². The summed E-state index contributed by atoms with van der Waals surface area (Å²) in [5, 5.41) is 4.23. The molecule has 1 unspecified atom stereocenters. The summed E-state index contributed by atoms with van der Waals surface area (Å²) in [5.41, 5.74) is 11.3. The van der Waals surface area contributed by atoms with Crippen LogP contribution in [0, 0.1) is 0 Å². The maximum absolute atomic E-state index is 13.3. The average molecular weight is 440 g/mol. The van der Waals surface area contributed by atoms with Gasteiger partial charge in [0.25, 0.3) is 5.91 Å². The fraction of sp³-hybridized carbons (Fsp3) is 0.174. The van der Waals surface area contributed by atoms with Gasteiger partial charge in [0.15, 0.2) is 0 Å². The Kier molecular flexibility index (Phi) is 4.09. The number of carbonyl (C=O) groups is 1. The molecule has 0 radical (unpaired) electrons. The normalized spacial score (nSPS) is 15.0. The molecule has 1 aliphatic heterocycles. The molecule has 0 fully saturated rings. The van der Waals surface area contributed by atoms with Gasteiger partial charge in [-0.25, -0.2) is 15.0 Å². The number of likely N-dealkylation sites (N-methyl/N-ethyl adjacent to an activating group) is 1. The number of amides is 1. The van der Waals surface area contributed by atoms with E-state index in [4.69, 9.17) is 10.5 Å². The van der Waals surface area contributed by atoms with Crippen LogP contribution in [0.5, 0.6) is 5.75 Å². The number of hydrogen-bond acceptors (Lipinski definition) is 7. The number of nitrogens with two attached hydrogens (primary N) is 1. The smallest absolute Gasteiger partial charge is 0.272 e. The van der Waals surface area contributed by atoms with E-state index in [1.807, 2.05) is 42.0 Å². The zero-order valence-corrected chi connectivity index (χ0v) is 18.0. The summed E-state index contributed by atoms with van der Waals surface area (Å²) in [6.45, 7) is 0.380. The number of nitrogens with zero attached hydrogens (tertiary/aromatic N) is 7. The van der Waals surface area contributed by atoms with Crippen molar-refractivity contribution in [3.63, 3.8) is 0 Å². The van der Waals surface area contributed by atoms with Crippen LogP contribution in [-0.4, -0.2) is 53.6 Å². The number of anilines is 1. The van der Waals surface area contributed by atoms with E-state index in [1.54, 1.807) is 41.4 Å². The van der Waals surface area contributed by atoms with E-state index in [0.717, 1.165) is 22.4 Å². The van der Waals surface area contributed by atoms with E-state index >= 15 is 0 Å². The van der Waals surface area contributed by atoms with Gasteiger partial charge in [0.1, 0.15) is 34.9 Å². The van der Waals surface area contributed by atoms with Crippen molar-refractivity contribution in [2.24, 2.45) is 7.05 Å². The second kappa shape index (κ2) is 7.02. The molecule has 33 heavy (non-hydrogen) atoms. The van der Waals surface area contributed by atoms with E-state index in [-0.39, 0.29) is 11.9 Å². The highest BCUT2D eigenvalue weighted by atomic mass is 16.5. The van der Waals surface area contributed by atoms with Crippen LogP contribution in [0.15, 0.2) is 55.4 Å². The summed E-state index contributed by atoms with van der Waals surface area (Å²) >= 11 is 0. The van der Waals surface area contributed by atoms with E-state index in [9.17, 15) is 4.79 Å². The van der Waals surface area contributed by atoms with Gasteiger partial charge in [0, 0.05) is 31.4 Å². The molecule has 0 saturated heterocycles. The highest BCUT2D eigenvalue weighted by Crippen LogP contribution is 2.38. The molecule has 0 spiro atoms. The number of aromatic nitrogens is 6. The summed E-state index contributed by atoms with van der Waals surface area (Å²) in [4.78, 5) is 27.9. The van der Waals surface area contributed by atoms with E-state index in [2.05, 4.69) is 20.1 Å². The molecular weight excluding hydrogens is 420 g/mol. The van der Waals surface area contributed by atoms with Gasteiger partial charge in [-0.2, -0.15) is 5.10 Å². The largest absolute Gasteiger partial charge is 0.491 e. The maximum Gasteiger partial charge on any atom is 0.272 e. The lowest BCUT2D eigenvalue weighted by atomic mass is 10.0. The van der Waals surface area contributed by atoms with Gasteiger partial charge < -0.3 is 15.4 Å². The first-order valence-electron chi connectivity index (χ1n) is 10.4. The molecule has 4 aromatic heterocycles. The van der Waals surface area contributed by atoms with Crippen LogP contribution in [0.1, 0.15) is 22.1 Å². The maximum atomic E-state index is 13.3. The predicted molar refractivity (Wildman–Crippen MR) is 122 cm³/mol. The quantitative estimate of drug-likeness (QED) is 0.458. The van der Waals surface area contributed by atoms with Crippen LogP contribution in [0.4, 0.5) is 5.82 Å². The molecular formula is C23H20N8O2. The lowest BCUT2D eigenvalue weighted by Gasteiger charge is -2.23. The van der Waals surface area contributed by atoms with Crippen molar-refractivity contribution >= 4 is 28.3 Å². The minimum absolute atomic E-state index is 0.209. The summed E-state index contributed by atoms with van der Waals surface area (Å²) in [6.07, 6.45) is 8.62. The van der Waals surface area contributed by atoms with Crippen LogP contribution in [0.3, 0.4) is 0 Å². The Morgan fingerprint density at radius 1 is 1.18 bits per heavy atom. The van der Waals surface area contributed by atoms with Gasteiger partial charge >= 0.3 is 0 Å². The van der Waals surface area contributed by atoms with E-state index in [1.165, 1.54) is 0 Å². The van der Waals surface area contributed by atoms with E-state index < -0.39 is 0 Å².